The molecule has 5 nitrogen and oxygen atoms in total. The molecule has 0 atom stereocenters. The van der Waals surface area contributed by atoms with Gasteiger partial charge in [-0.1, -0.05) is 12.1 Å². The van der Waals surface area contributed by atoms with Crippen molar-refractivity contribution in [3.8, 4) is 0 Å². The van der Waals surface area contributed by atoms with Gasteiger partial charge >= 0.3 is 0 Å². The molecule has 1 aromatic heterocycles. The Bertz CT molecular complexity index is 658. The molecule has 144 valence electrons. The number of rotatable bonds is 9. The van der Waals surface area contributed by atoms with Gasteiger partial charge in [0.05, 0.1) is 19.7 Å². The summed E-state index contributed by atoms with van der Waals surface area (Å²) in [7, 11) is 1.71. The van der Waals surface area contributed by atoms with Crippen molar-refractivity contribution in [3.63, 3.8) is 0 Å². The molecule has 1 aromatic carbocycles. The first kappa shape index (κ1) is 22.7. The first-order valence-corrected chi connectivity index (χ1v) is 9.47. The topological polar surface area (TPSA) is 57.7 Å². The van der Waals surface area contributed by atoms with E-state index in [0.717, 1.165) is 31.3 Å². The molecular weight excluding hydrogens is 459 g/mol. The minimum Gasteiger partial charge on any atom is -0.383 e. The fourth-order valence-electron chi connectivity index (χ4n) is 2.29. The third-order valence-electron chi connectivity index (χ3n) is 3.74. The number of aliphatic imine (C=N–C) groups is 1. The van der Waals surface area contributed by atoms with Gasteiger partial charge in [-0.15, -0.1) is 35.3 Å². The summed E-state index contributed by atoms with van der Waals surface area (Å²) >= 11 is 1.77. The molecule has 2 rings (SSSR count). The number of nitrogens with zero attached hydrogens (tertiary/aromatic N) is 1. The molecule has 26 heavy (non-hydrogen) atoms. The monoisotopic (exact) mass is 488 g/mol. The van der Waals surface area contributed by atoms with Crippen LogP contribution in [0.2, 0.25) is 0 Å². The number of halogens is 1. The van der Waals surface area contributed by atoms with Crippen LogP contribution in [0.25, 0.3) is 0 Å². The summed E-state index contributed by atoms with van der Waals surface area (Å²) in [5, 5.41) is 12.1. The highest BCUT2D eigenvalue weighted by atomic mass is 127. The van der Waals surface area contributed by atoms with Gasteiger partial charge in [-0.25, -0.2) is 4.99 Å². The maximum atomic E-state index is 5.04. The molecule has 0 aliphatic rings. The maximum Gasteiger partial charge on any atom is 0.191 e. The molecule has 0 radical (unpaired) electrons. The third-order valence-corrected chi connectivity index (χ3v) is 4.76. The molecule has 2 aromatic rings. The molecule has 0 fully saturated rings. The van der Waals surface area contributed by atoms with Crippen LogP contribution in [-0.2, 0) is 17.8 Å². The molecule has 0 unspecified atom stereocenters. The minimum absolute atomic E-state index is 0. The number of methoxy groups -OCH3 is 1. The van der Waals surface area contributed by atoms with E-state index in [1.807, 2.05) is 0 Å². The maximum absolute atomic E-state index is 5.04. The molecule has 0 spiro atoms. The van der Waals surface area contributed by atoms with Crippen molar-refractivity contribution >= 4 is 47.0 Å². The summed E-state index contributed by atoms with van der Waals surface area (Å²) in [4.78, 5) is 6.02. The Morgan fingerprint density at radius 1 is 1.15 bits per heavy atom. The van der Waals surface area contributed by atoms with Crippen LogP contribution < -0.4 is 16.0 Å². The lowest BCUT2D eigenvalue weighted by atomic mass is 10.2. The summed E-state index contributed by atoms with van der Waals surface area (Å²) < 4.78 is 5.04. The first-order chi connectivity index (χ1) is 12.2. The van der Waals surface area contributed by atoms with Gasteiger partial charge in [0.25, 0.3) is 0 Å². The number of guanidine groups is 1. The second-order valence-corrected chi connectivity index (χ2v) is 6.69. The van der Waals surface area contributed by atoms with E-state index in [1.165, 1.54) is 16.0 Å². The Morgan fingerprint density at radius 3 is 2.54 bits per heavy atom. The van der Waals surface area contributed by atoms with Crippen LogP contribution in [0.5, 0.6) is 0 Å². The quantitative estimate of drug-likeness (QED) is 0.216. The number of benzene rings is 1. The van der Waals surface area contributed by atoms with Gasteiger partial charge in [0.2, 0.25) is 0 Å². The number of hydrogen-bond donors (Lipinski definition) is 3. The largest absolute Gasteiger partial charge is 0.383 e. The highest BCUT2D eigenvalue weighted by Gasteiger charge is 2.02. The fraction of sp³-hybridized carbons (Fsp3) is 0.421. The third kappa shape index (κ3) is 7.92. The lowest BCUT2D eigenvalue weighted by Gasteiger charge is -2.11. The molecule has 7 heteroatoms. The van der Waals surface area contributed by atoms with E-state index in [2.05, 4.69) is 70.5 Å². The molecule has 0 amide bonds. The minimum atomic E-state index is 0. The van der Waals surface area contributed by atoms with Crippen molar-refractivity contribution in [2.75, 3.05) is 32.1 Å². The second kappa shape index (κ2) is 12.9. The SMILES string of the molecule is CCNC(=NCc1ccc(NCCOC)cc1)NCc1sccc1C.I. The molecular formula is C19H29IN4OS. The van der Waals surface area contributed by atoms with Crippen LogP contribution in [0.3, 0.4) is 0 Å². The van der Waals surface area contributed by atoms with Crippen LogP contribution in [0, 0.1) is 6.92 Å². The first-order valence-electron chi connectivity index (χ1n) is 8.59. The highest BCUT2D eigenvalue weighted by Crippen LogP contribution is 2.14. The summed E-state index contributed by atoms with van der Waals surface area (Å²) in [5.74, 6) is 0.845. The van der Waals surface area contributed by atoms with E-state index in [9.17, 15) is 0 Å². The van der Waals surface area contributed by atoms with E-state index in [4.69, 9.17) is 4.74 Å². The Kier molecular flexibility index (Phi) is 11.3. The molecule has 1 heterocycles. The zero-order chi connectivity index (χ0) is 17.9. The van der Waals surface area contributed by atoms with E-state index < -0.39 is 0 Å². The summed E-state index contributed by atoms with van der Waals surface area (Å²) in [5.41, 5.74) is 3.61. The van der Waals surface area contributed by atoms with Crippen LogP contribution >= 0.6 is 35.3 Å². The Balaban J connectivity index is 0.00000338. The van der Waals surface area contributed by atoms with Crippen molar-refractivity contribution in [2.45, 2.75) is 26.9 Å². The summed E-state index contributed by atoms with van der Waals surface area (Å²) in [6.45, 7) is 8.03. The van der Waals surface area contributed by atoms with Crippen molar-refractivity contribution in [2.24, 2.45) is 4.99 Å². The summed E-state index contributed by atoms with van der Waals surface area (Å²) in [6, 6.07) is 10.5. The van der Waals surface area contributed by atoms with Gasteiger partial charge in [-0.05, 0) is 48.6 Å². The average Bonchev–Trinajstić information content (AvgIpc) is 3.04. The number of hydrogen-bond acceptors (Lipinski definition) is 4. The van der Waals surface area contributed by atoms with Gasteiger partial charge in [0, 0.05) is 30.8 Å². The average molecular weight is 488 g/mol. The predicted octanol–water partition coefficient (Wildman–Crippen LogP) is 3.99. The van der Waals surface area contributed by atoms with Crippen molar-refractivity contribution in [1.82, 2.24) is 10.6 Å². The van der Waals surface area contributed by atoms with E-state index in [-0.39, 0.29) is 24.0 Å². The Hall–Kier alpha value is -1.32. The standard InChI is InChI=1S/C19H28N4OS.HI/c1-4-20-19(23-14-18-15(2)9-12-25-18)22-13-16-5-7-17(8-6-16)21-10-11-24-3;/h5-9,12,21H,4,10-11,13-14H2,1-3H3,(H2,20,22,23);1H. The van der Waals surface area contributed by atoms with Crippen LogP contribution in [-0.4, -0.2) is 32.8 Å². The lowest BCUT2D eigenvalue weighted by Crippen LogP contribution is -2.36. The smallest absolute Gasteiger partial charge is 0.191 e. The number of nitrogens with one attached hydrogen (secondary N) is 3. The lowest BCUT2D eigenvalue weighted by molar-refractivity contribution is 0.211. The van der Waals surface area contributed by atoms with Gasteiger partial charge in [0.1, 0.15) is 0 Å². The number of ether oxygens (including phenoxy) is 1. The fourth-order valence-corrected chi connectivity index (χ4v) is 3.13. The van der Waals surface area contributed by atoms with Crippen molar-refractivity contribution in [1.29, 1.82) is 0 Å². The van der Waals surface area contributed by atoms with Crippen molar-refractivity contribution in [3.05, 3.63) is 51.7 Å². The van der Waals surface area contributed by atoms with Crippen LogP contribution in [0.15, 0.2) is 40.7 Å². The van der Waals surface area contributed by atoms with Crippen LogP contribution in [0.4, 0.5) is 5.69 Å². The van der Waals surface area contributed by atoms with Gasteiger partial charge in [0.15, 0.2) is 5.96 Å². The van der Waals surface area contributed by atoms with E-state index in [0.29, 0.717) is 13.2 Å². The second-order valence-electron chi connectivity index (χ2n) is 5.69. The van der Waals surface area contributed by atoms with E-state index >= 15 is 0 Å². The molecule has 0 bridgehead atoms. The molecule has 0 aliphatic heterocycles. The summed E-state index contributed by atoms with van der Waals surface area (Å²) in [6.07, 6.45) is 0. The zero-order valence-electron chi connectivity index (χ0n) is 15.7. The number of thiophene rings is 1. The van der Waals surface area contributed by atoms with E-state index in [1.54, 1.807) is 18.4 Å². The molecule has 0 saturated carbocycles. The van der Waals surface area contributed by atoms with Gasteiger partial charge < -0.3 is 20.7 Å². The van der Waals surface area contributed by atoms with Crippen LogP contribution in [0.1, 0.15) is 22.9 Å². The number of anilines is 1. The Morgan fingerprint density at radius 2 is 1.92 bits per heavy atom. The predicted molar refractivity (Wildman–Crippen MR) is 123 cm³/mol. The molecule has 0 aliphatic carbocycles. The Labute approximate surface area is 177 Å². The number of aryl methyl sites for hydroxylation is 1. The van der Waals surface area contributed by atoms with Crippen molar-refractivity contribution < 1.29 is 4.74 Å². The molecule has 0 saturated heterocycles. The van der Waals surface area contributed by atoms with Gasteiger partial charge in [-0.3, -0.25) is 0 Å². The highest BCUT2D eigenvalue weighted by molar-refractivity contribution is 14.0. The van der Waals surface area contributed by atoms with Gasteiger partial charge in [-0.2, -0.15) is 0 Å². The zero-order valence-corrected chi connectivity index (χ0v) is 18.8. The normalized spacial score (nSPS) is 11.0. The molecule has 3 N–H and O–H groups in total.